The zero-order chi connectivity index (χ0) is 16.4. The molecule has 0 atom stereocenters. The summed E-state index contributed by atoms with van der Waals surface area (Å²) in [7, 11) is 0. The fourth-order valence-electron chi connectivity index (χ4n) is 2.56. The molecule has 1 amide bonds. The SMILES string of the molecule is O=C(Cc1csc(-c2cccnc2)n1)Nc1cccc2[nH]ccc12. The highest BCUT2D eigenvalue weighted by molar-refractivity contribution is 7.13. The van der Waals surface area contributed by atoms with Crippen molar-refractivity contribution in [3.8, 4) is 10.6 Å². The first kappa shape index (κ1) is 14.6. The number of fused-ring (bicyclic) bond motifs is 1. The van der Waals surface area contributed by atoms with Gasteiger partial charge in [-0.2, -0.15) is 0 Å². The van der Waals surface area contributed by atoms with E-state index < -0.39 is 0 Å². The van der Waals surface area contributed by atoms with Gasteiger partial charge in [0.1, 0.15) is 5.01 Å². The predicted molar refractivity (Wildman–Crippen MR) is 96.0 cm³/mol. The Labute approximate surface area is 142 Å². The highest BCUT2D eigenvalue weighted by atomic mass is 32.1. The lowest BCUT2D eigenvalue weighted by molar-refractivity contribution is -0.115. The third-order valence-electron chi connectivity index (χ3n) is 3.67. The number of benzene rings is 1. The molecule has 0 spiro atoms. The maximum Gasteiger partial charge on any atom is 0.230 e. The molecule has 0 radical (unpaired) electrons. The molecule has 6 heteroatoms. The number of aromatic amines is 1. The summed E-state index contributed by atoms with van der Waals surface area (Å²) < 4.78 is 0. The van der Waals surface area contributed by atoms with Crippen LogP contribution < -0.4 is 5.32 Å². The van der Waals surface area contributed by atoms with Crippen molar-refractivity contribution in [3.05, 3.63) is 66.1 Å². The van der Waals surface area contributed by atoms with E-state index in [-0.39, 0.29) is 12.3 Å². The minimum atomic E-state index is -0.0771. The van der Waals surface area contributed by atoms with E-state index in [1.807, 2.05) is 48.0 Å². The summed E-state index contributed by atoms with van der Waals surface area (Å²) >= 11 is 1.52. The van der Waals surface area contributed by atoms with Crippen LogP contribution in [0.3, 0.4) is 0 Å². The Morgan fingerprint density at radius 1 is 1.21 bits per heavy atom. The van der Waals surface area contributed by atoms with Gasteiger partial charge in [-0.3, -0.25) is 9.78 Å². The van der Waals surface area contributed by atoms with E-state index in [2.05, 4.69) is 20.3 Å². The average molecular weight is 334 g/mol. The number of nitrogens with one attached hydrogen (secondary N) is 2. The second kappa shape index (κ2) is 6.25. The van der Waals surface area contributed by atoms with Crippen LogP contribution in [0.5, 0.6) is 0 Å². The van der Waals surface area contributed by atoms with E-state index in [4.69, 9.17) is 0 Å². The van der Waals surface area contributed by atoms with Gasteiger partial charge in [0, 0.05) is 40.4 Å². The maximum absolute atomic E-state index is 12.3. The Kier molecular flexibility index (Phi) is 3.80. The van der Waals surface area contributed by atoms with Crippen molar-refractivity contribution in [2.75, 3.05) is 5.32 Å². The van der Waals surface area contributed by atoms with Gasteiger partial charge in [-0.15, -0.1) is 11.3 Å². The van der Waals surface area contributed by atoms with E-state index in [1.54, 1.807) is 12.4 Å². The van der Waals surface area contributed by atoms with E-state index in [1.165, 1.54) is 11.3 Å². The molecule has 0 aliphatic carbocycles. The second-order valence-electron chi connectivity index (χ2n) is 5.36. The lowest BCUT2D eigenvalue weighted by Crippen LogP contribution is -2.14. The van der Waals surface area contributed by atoms with Crippen LogP contribution in [0.25, 0.3) is 21.5 Å². The molecule has 0 unspecified atom stereocenters. The molecule has 0 aliphatic heterocycles. The minimum absolute atomic E-state index is 0.0771. The number of pyridine rings is 1. The summed E-state index contributed by atoms with van der Waals surface area (Å²) in [4.78, 5) is 24.1. The van der Waals surface area contributed by atoms with Crippen LogP contribution in [0, 0.1) is 0 Å². The fraction of sp³-hybridized carbons (Fsp3) is 0.0556. The number of H-pyrrole nitrogens is 1. The van der Waals surface area contributed by atoms with Gasteiger partial charge in [-0.25, -0.2) is 4.98 Å². The molecule has 24 heavy (non-hydrogen) atoms. The Morgan fingerprint density at radius 3 is 3.04 bits per heavy atom. The van der Waals surface area contributed by atoms with Crippen molar-refractivity contribution in [1.82, 2.24) is 15.0 Å². The molecule has 118 valence electrons. The molecule has 0 saturated heterocycles. The number of carbonyl (C=O) groups excluding carboxylic acids is 1. The van der Waals surface area contributed by atoms with Crippen LogP contribution >= 0.6 is 11.3 Å². The van der Waals surface area contributed by atoms with Gasteiger partial charge >= 0.3 is 0 Å². The lowest BCUT2D eigenvalue weighted by atomic mass is 10.2. The molecule has 0 bridgehead atoms. The standard InChI is InChI=1S/C18H14N4OS/c23-17(22-16-5-1-4-15-14(16)6-8-20-15)9-13-11-24-18(21-13)12-3-2-7-19-10-12/h1-8,10-11,20H,9H2,(H,22,23). The summed E-state index contributed by atoms with van der Waals surface area (Å²) in [5.74, 6) is -0.0771. The van der Waals surface area contributed by atoms with Crippen LogP contribution in [0.4, 0.5) is 5.69 Å². The topological polar surface area (TPSA) is 70.7 Å². The molecule has 3 aromatic heterocycles. The molecule has 4 rings (SSSR count). The first-order valence-electron chi connectivity index (χ1n) is 7.50. The zero-order valence-electron chi connectivity index (χ0n) is 12.7. The largest absolute Gasteiger partial charge is 0.361 e. The molecule has 0 fully saturated rings. The Bertz CT molecular complexity index is 990. The number of nitrogens with zero attached hydrogens (tertiary/aromatic N) is 2. The highest BCUT2D eigenvalue weighted by Crippen LogP contribution is 2.24. The van der Waals surface area contributed by atoms with Crippen molar-refractivity contribution >= 4 is 33.8 Å². The van der Waals surface area contributed by atoms with Crippen molar-refractivity contribution in [3.63, 3.8) is 0 Å². The summed E-state index contributed by atoms with van der Waals surface area (Å²) in [6.45, 7) is 0. The number of aromatic nitrogens is 3. The molecular formula is C18H14N4OS. The second-order valence-corrected chi connectivity index (χ2v) is 6.21. The van der Waals surface area contributed by atoms with Crippen LogP contribution in [0.2, 0.25) is 0 Å². The molecule has 4 aromatic rings. The molecular weight excluding hydrogens is 320 g/mol. The number of carbonyl (C=O) groups is 1. The zero-order valence-corrected chi connectivity index (χ0v) is 13.5. The van der Waals surface area contributed by atoms with Gasteiger partial charge in [-0.1, -0.05) is 6.07 Å². The first-order valence-corrected chi connectivity index (χ1v) is 8.38. The summed E-state index contributed by atoms with van der Waals surface area (Å²) in [5.41, 5.74) is 3.53. The number of hydrogen-bond donors (Lipinski definition) is 2. The fourth-order valence-corrected chi connectivity index (χ4v) is 3.37. The van der Waals surface area contributed by atoms with Crippen molar-refractivity contribution in [2.45, 2.75) is 6.42 Å². The predicted octanol–water partition coefficient (Wildman–Crippen LogP) is 3.87. The van der Waals surface area contributed by atoms with Crippen LogP contribution in [0.1, 0.15) is 5.69 Å². The van der Waals surface area contributed by atoms with Crippen molar-refractivity contribution in [2.24, 2.45) is 0 Å². The molecule has 3 heterocycles. The minimum Gasteiger partial charge on any atom is -0.361 e. The molecule has 0 aliphatic rings. The molecule has 5 nitrogen and oxygen atoms in total. The van der Waals surface area contributed by atoms with Gasteiger partial charge < -0.3 is 10.3 Å². The van der Waals surface area contributed by atoms with Gasteiger partial charge in [-0.05, 0) is 30.3 Å². The Hall–Kier alpha value is -2.99. The third kappa shape index (κ3) is 2.91. The van der Waals surface area contributed by atoms with Gasteiger partial charge in [0.25, 0.3) is 0 Å². The van der Waals surface area contributed by atoms with Gasteiger partial charge in [0.15, 0.2) is 0 Å². The highest BCUT2D eigenvalue weighted by Gasteiger charge is 2.11. The third-order valence-corrected chi connectivity index (χ3v) is 4.61. The molecule has 1 aromatic carbocycles. The van der Waals surface area contributed by atoms with Crippen LogP contribution in [-0.4, -0.2) is 20.9 Å². The van der Waals surface area contributed by atoms with E-state index in [0.717, 1.165) is 32.9 Å². The molecule has 2 N–H and O–H groups in total. The normalized spacial score (nSPS) is 10.8. The number of rotatable bonds is 4. The van der Waals surface area contributed by atoms with E-state index in [0.29, 0.717) is 0 Å². The Balaban J connectivity index is 1.49. The van der Waals surface area contributed by atoms with Gasteiger partial charge in [0.2, 0.25) is 5.91 Å². The Morgan fingerprint density at radius 2 is 2.17 bits per heavy atom. The number of anilines is 1. The lowest BCUT2D eigenvalue weighted by Gasteiger charge is -2.05. The average Bonchev–Trinajstić information content (AvgIpc) is 3.25. The van der Waals surface area contributed by atoms with E-state index >= 15 is 0 Å². The molecule has 0 saturated carbocycles. The summed E-state index contributed by atoms with van der Waals surface area (Å²) in [5, 5.41) is 6.75. The first-order chi connectivity index (χ1) is 11.8. The smallest absolute Gasteiger partial charge is 0.230 e. The van der Waals surface area contributed by atoms with Crippen LogP contribution in [-0.2, 0) is 11.2 Å². The number of hydrogen-bond acceptors (Lipinski definition) is 4. The van der Waals surface area contributed by atoms with Crippen molar-refractivity contribution in [1.29, 1.82) is 0 Å². The quantitative estimate of drug-likeness (QED) is 0.595. The maximum atomic E-state index is 12.3. The van der Waals surface area contributed by atoms with E-state index in [9.17, 15) is 4.79 Å². The number of amides is 1. The summed E-state index contributed by atoms with van der Waals surface area (Å²) in [6.07, 6.45) is 5.61. The van der Waals surface area contributed by atoms with Crippen molar-refractivity contribution < 1.29 is 4.79 Å². The number of thiazole rings is 1. The summed E-state index contributed by atoms with van der Waals surface area (Å²) in [6, 6.07) is 11.6. The van der Waals surface area contributed by atoms with Gasteiger partial charge in [0.05, 0.1) is 17.8 Å². The van der Waals surface area contributed by atoms with Crippen LogP contribution in [0.15, 0.2) is 60.4 Å². The monoisotopic (exact) mass is 334 g/mol.